The van der Waals surface area contributed by atoms with Gasteiger partial charge in [0.25, 0.3) is 0 Å². The minimum absolute atomic E-state index is 0.132. The molecule has 2 nitrogen and oxygen atoms in total. The molecule has 0 amide bonds. The first-order chi connectivity index (χ1) is 4.92. The quantitative estimate of drug-likeness (QED) is 0.577. The van der Waals surface area contributed by atoms with Crippen molar-refractivity contribution in [2.24, 2.45) is 0 Å². The van der Waals surface area contributed by atoms with E-state index in [1.807, 2.05) is 20.8 Å². The number of ether oxygens (including phenoxy) is 1. The highest BCUT2D eigenvalue weighted by Gasteiger charge is 2.31. The molecule has 0 spiro atoms. The molecule has 1 aliphatic heterocycles. The van der Waals surface area contributed by atoms with E-state index < -0.39 is 0 Å². The average Bonchev–Trinajstić information content (AvgIpc) is 2.05. The highest BCUT2D eigenvalue weighted by atomic mass is 16.5. The topological polar surface area (TPSA) is 26.3 Å². The highest BCUT2D eigenvalue weighted by molar-refractivity contribution is 5.94. The molecule has 0 N–H and O–H groups in total. The van der Waals surface area contributed by atoms with Gasteiger partial charge in [0.2, 0.25) is 0 Å². The van der Waals surface area contributed by atoms with Crippen LogP contribution >= 0.6 is 0 Å². The van der Waals surface area contributed by atoms with Crippen LogP contribution in [0, 0.1) is 0 Å². The van der Waals surface area contributed by atoms with Crippen LogP contribution in [0.25, 0.3) is 0 Å². The monoisotopic (exact) mass is 154 g/mol. The molecule has 0 aliphatic carbocycles. The van der Waals surface area contributed by atoms with Gasteiger partial charge in [-0.2, -0.15) is 0 Å². The van der Waals surface area contributed by atoms with Crippen LogP contribution in [0.1, 0.15) is 34.1 Å². The molecule has 0 atom stereocenters. The lowest BCUT2D eigenvalue weighted by Gasteiger charge is -2.18. The number of carbonyl (C=O) groups excluding carboxylic acids is 1. The van der Waals surface area contributed by atoms with Crippen molar-refractivity contribution in [1.82, 2.24) is 0 Å². The summed E-state index contributed by atoms with van der Waals surface area (Å²) in [6.07, 6.45) is 0.744. The lowest BCUT2D eigenvalue weighted by Crippen LogP contribution is -2.18. The van der Waals surface area contributed by atoms with Crippen molar-refractivity contribution in [3.8, 4) is 0 Å². The van der Waals surface area contributed by atoms with Crippen LogP contribution in [0.5, 0.6) is 0 Å². The molecule has 0 fully saturated rings. The summed E-state index contributed by atoms with van der Waals surface area (Å²) in [5, 5.41) is 0. The maximum Gasteiger partial charge on any atom is 0.159 e. The van der Waals surface area contributed by atoms with Gasteiger partial charge >= 0.3 is 0 Å². The number of hydrogen-bond acceptors (Lipinski definition) is 2. The molecule has 2 heteroatoms. The molecule has 11 heavy (non-hydrogen) atoms. The van der Waals surface area contributed by atoms with Gasteiger partial charge in [-0.1, -0.05) is 0 Å². The van der Waals surface area contributed by atoms with Crippen molar-refractivity contribution in [2.75, 3.05) is 0 Å². The maximum absolute atomic E-state index is 11.0. The second kappa shape index (κ2) is 2.36. The Labute approximate surface area is 67.2 Å². The molecular weight excluding hydrogens is 140 g/mol. The van der Waals surface area contributed by atoms with E-state index in [-0.39, 0.29) is 11.4 Å². The van der Waals surface area contributed by atoms with Gasteiger partial charge in [0.1, 0.15) is 11.4 Å². The second-order valence-corrected chi connectivity index (χ2v) is 3.63. The number of rotatable bonds is 1. The Balaban J connectivity index is 2.84. The van der Waals surface area contributed by atoms with E-state index in [1.165, 1.54) is 0 Å². The predicted molar refractivity (Wildman–Crippen MR) is 43.2 cm³/mol. The Morgan fingerprint density at radius 1 is 1.55 bits per heavy atom. The van der Waals surface area contributed by atoms with E-state index in [2.05, 4.69) is 0 Å². The van der Waals surface area contributed by atoms with E-state index in [0.717, 1.165) is 17.8 Å². The van der Waals surface area contributed by atoms with Crippen molar-refractivity contribution in [1.29, 1.82) is 0 Å². The molecule has 0 saturated carbocycles. The van der Waals surface area contributed by atoms with Gasteiger partial charge in [-0.3, -0.25) is 4.79 Å². The molecular formula is C9H14O2. The summed E-state index contributed by atoms with van der Waals surface area (Å²) in [5.74, 6) is 0.926. The van der Waals surface area contributed by atoms with Gasteiger partial charge in [-0.05, 0) is 27.7 Å². The molecule has 0 bridgehead atoms. The van der Waals surface area contributed by atoms with Gasteiger partial charge < -0.3 is 4.74 Å². The Morgan fingerprint density at radius 3 is 2.27 bits per heavy atom. The number of Topliss-reactive ketones (excluding diaryl/α,β-unsaturated/α-hetero) is 1. The third-order valence-electron chi connectivity index (χ3n) is 1.88. The fraction of sp³-hybridized carbons (Fsp3) is 0.667. The molecule has 0 aromatic carbocycles. The van der Waals surface area contributed by atoms with Crippen molar-refractivity contribution < 1.29 is 9.53 Å². The minimum atomic E-state index is -0.176. The van der Waals surface area contributed by atoms with Crippen molar-refractivity contribution >= 4 is 5.78 Å². The van der Waals surface area contributed by atoms with Crippen molar-refractivity contribution in [3.63, 3.8) is 0 Å². The number of allylic oxidation sites excluding steroid dienone is 1. The third kappa shape index (κ3) is 1.62. The summed E-state index contributed by atoms with van der Waals surface area (Å²) < 4.78 is 5.48. The summed E-state index contributed by atoms with van der Waals surface area (Å²) in [6.45, 7) is 7.42. The zero-order valence-corrected chi connectivity index (χ0v) is 7.52. The Morgan fingerprint density at radius 2 is 2.09 bits per heavy atom. The van der Waals surface area contributed by atoms with Gasteiger partial charge in [-0.25, -0.2) is 0 Å². The summed E-state index contributed by atoms with van der Waals surface area (Å²) >= 11 is 0. The van der Waals surface area contributed by atoms with E-state index in [0.29, 0.717) is 0 Å². The zero-order valence-electron chi connectivity index (χ0n) is 7.52. The standard InChI is InChI=1S/C9H14O2/c1-6(10)8-5-9(3,4)11-7(8)2/h5H2,1-4H3. The third-order valence-corrected chi connectivity index (χ3v) is 1.88. The fourth-order valence-corrected chi connectivity index (χ4v) is 1.43. The summed E-state index contributed by atoms with van der Waals surface area (Å²) in [6, 6.07) is 0. The van der Waals surface area contributed by atoms with Crippen LogP contribution in [0.4, 0.5) is 0 Å². The second-order valence-electron chi connectivity index (χ2n) is 3.63. The molecule has 0 unspecified atom stereocenters. The van der Waals surface area contributed by atoms with Crippen LogP contribution in [0.2, 0.25) is 0 Å². The van der Waals surface area contributed by atoms with E-state index in [9.17, 15) is 4.79 Å². The molecule has 0 radical (unpaired) electrons. The van der Waals surface area contributed by atoms with Gasteiger partial charge in [0.15, 0.2) is 5.78 Å². The smallest absolute Gasteiger partial charge is 0.159 e. The molecule has 62 valence electrons. The molecule has 1 aliphatic rings. The van der Waals surface area contributed by atoms with E-state index in [1.54, 1.807) is 6.92 Å². The molecule has 1 rings (SSSR count). The minimum Gasteiger partial charge on any atom is -0.492 e. The molecule has 0 saturated heterocycles. The normalized spacial score (nSPS) is 21.8. The van der Waals surface area contributed by atoms with Crippen LogP contribution in [0.3, 0.4) is 0 Å². The lowest BCUT2D eigenvalue weighted by molar-refractivity contribution is -0.113. The summed E-state index contributed by atoms with van der Waals surface area (Å²) in [4.78, 5) is 11.0. The SMILES string of the molecule is CC(=O)C1=C(C)OC(C)(C)C1. The largest absolute Gasteiger partial charge is 0.492 e. The number of carbonyl (C=O) groups is 1. The van der Waals surface area contributed by atoms with Crippen LogP contribution in [-0.4, -0.2) is 11.4 Å². The van der Waals surface area contributed by atoms with Crippen LogP contribution in [-0.2, 0) is 9.53 Å². The first kappa shape index (κ1) is 8.31. The first-order valence-electron chi connectivity index (χ1n) is 3.82. The highest BCUT2D eigenvalue weighted by Crippen LogP contribution is 2.33. The predicted octanol–water partition coefficient (Wildman–Crippen LogP) is 2.05. The average molecular weight is 154 g/mol. The van der Waals surface area contributed by atoms with Crippen molar-refractivity contribution in [2.45, 2.75) is 39.7 Å². The van der Waals surface area contributed by atoms with E-state index >= 15 is 0 Å². The van der Waals surface area contributed by atoms with Crippen LogP contribution < -0.4 is 0 Å². The maximum atomic E-state index is 11.0. The summed E-state index contributed by atoms with van der Waals surface area (Å²) in [7, 11) is 0. The summed E-state index contributed by atoms with van der Waals surface area (Å²) in [5.41, 5.74) is 0.667. The van der Waals surface area contributed by atoms with Gasteiger partial charge in [-0.15, -0.1) is 0 Å². The zero-order chi connectivity index (χ0) is 8.65. The molecule has 1 heterocycles. The van der Waals surface area contributed by atoms with E-state index in [4.69, 9.17) is 4.74 Å². The van der Waals surface area contributed by atoms with Gasteiger partial charge in [0, 0.05) is 12.0 Å². The van der Waals surface area contributed by atoms with Crippen LogP contribution in [0.15, 0.2) is 11.3 Å². The van der Waals surface area contributed by atoms with Gasteiger partial charge in [0.05, 0.1) is 0 Å². The molecule has 0 aromatic rings. The Kier molecular flexibility index (Phi) is 1.78. The fourth-order valence-electron chi connectivity index (χ4n) is 1.43. The Hall–Kier alpha value is -0.790. The van der Waals surface area contributed by atoms with Crippen molar-refractivity contribution in [3.05, 3.63) is 11.3 Å². The number of hydrogen-bond donors (Lipinski definition) is 0. The molecule has 0 aromatic heterocycles. The number of ketones is 1. The first-order valence-corrected chi connectivity index (χ1v) is 3.82. The Bertz CT molecular complexity index is 224. The lowest BCUT2D eigenvalue weighted by atomic mass is 9.99.